The lowest BCUT2D eigenvalue weighted by Gasteiger charge is -2.47. The van der Waals surface area contributed by atoms with E-state index in [1.165, 1.54) is 19.1 Å². The number of fused-ring (bicyclic) bond motifs is 1. The van der Waals surface area contributed by atoms with Gasteiger partial charge in [0.1, 0.15) is 6.10 Å². The molecule has 0 aliphatic heterocycles. The number of carbonyl (C=O) groups excluding carboxylic acids is 2. The summed E-state index contributed by atoms with van der Waals surface area (Å²) < 4.78 is 5.23. The molecule has 0 spiro atoms. The van der Waals surface area contributed by atoms with Crippen molar-refractivity contribution >= 4 is 11.8 Å². The molecule has 0 bridgehead atoms. The maximum Gasteiger partial charge on any atom is 0.302 e. The lowest BCUT2D eigenvalue weighted by Crippen LogP contribution is -2.48. The minimum absolute atomic E-state index is 0.138. The van der Waals surface area contributed by atoms with Crippen molar-refractivity contribution in [2.24, 2.45) is 11.3 Å². The van der Waals surface area contributed by atoms with E-state index in [0.717, 1.165) is 0 Å². The fourth-order valence-electron chi connectivity index (χ4n) is 2.96. The van der Waals surface area contributed by atoms with Crippen molar-refractivity contribution in [1.82, 2.24) is 0 Å². The van der Waals surface area contributed by atoms with Gasteiger partial charge in [0.15, 0.2) is 5.76 Å². The smallest absolute Gasteiger partial charge is 0.302 e. The molecule has 0 aromatic carbocycles. The van der Waals surface area contributed by atoms with Gasteiger partial charge in [-0.1, -0.05) is 13.8 Å². The van der Waals surface area contributed by atoms with Gasteiger partial charge in [-0.3, -0.25) is 9.59 Å². The third-order valence-electron chi connectivity index (χ3n) is 4.23. The van der Waals surface area contributed by atoms with Gasteiger partial charge in [-0.05, 0) is 17.7 Å². The van der Waals surface area contributed by atoms with E-state index in [1.807, 2.05) is 13.8 Å². The molecule has 0 aromatic heterocycles. The Hall–Kier alpha value is -1.62. The van der Waals surface area contributed by atoms with Gasteiger partial charge in [0.05, 0.1) is 6.10 Å². The highest BCUT2D eigenvalue weighted by Crippen LogP contribution is 2.49. The molecule has 0 amide bonds. The van der Waals surface area contributed by atoms with Crippen LogP contribution in [0.25, 0.3) is 0 Å². The summed E-state index contributed by atoms with van der Waals surface area (Å²) in [6.45, 7) is 5.03. The zero-order valence-electron chi connectivity index (χ0n) is 11.2. The van der Waals surface area contributed by atoms with Gasteiger partial charge < -0.3 is 14.9 Å². The van der Waals surface area contributed by atoms with E-state index < -0.39 is 29.4 Å². The van der Waals surface area contributed by atoms with Gasteiger partial charge in [-0.25, -0.2) is 0 Å². The third-order valence-corrected chi connectivity index (χ3v) is 4.23. The largest absolute Gasteiger partial charge is 0.504 e. The molecular formula is C14H18O5. The van der Waals surface area contributed by atoms with Crippen molar-refractivity contribution in [2.75, 3.05) is 0 Å². The number of allylic oxidation sites excluding steroid dienone is 2. The minimum atomic E-state index is -0.848. The molecule has 2 N–H and O–H groups in total. The number of rotatable bonds is 1. The van der Waals surface area contributed by atoms with E-state index in [1.54, 1.807) is 0 Å². The van der Waals surface area contributed by atoms with Crippen molar-refractivity contribution in [3.63, 3.8) is 0 Å². The van der Waals surface area contributed by atoms with Gasteiger partial charge in [-0.15, -0.1) is 0 Å². The second-order valence-electron chi connectivity index (χ2n) is 5.46. The van der Waals surface area contributed by atoms with Crippen LogP contribution in [-0.4, -0.2) is 34.2 Å². The molecule has 0 saturated heterocycles. The number of aliphatic hydroxyl groups excluding tert-OH is 2. The van der Waals surface area contributed by atoms with Crippen LogP contribution >= 0.6 is 0 Å². The van der Waals surface area contributed by atoms with E-state index in [0.29, 0.717) is 5.57 Å². The van der Waals surface area contributed by atoms with E-state index in [-0.39, 0.29) is 18.1 Å². The molecule has 19 heavy (non-hydrogen) atoms. The molecule has 2 rings (SSSR count). The highest BCUT2D eigenvalue weighted by Gasteiger charge is 2.49. The van der Waals surface area contributed by atoms with Crippen molar-refractivity contribution in [2.45, 2.75) is 39.4 Å². The molecular weight excluding hydrogens is 248 g/mol. The van der Waals surface area contributed by atoms with Gasteiger partial charge in [-0.2, -0.15) is 0 Å². The van der Waals surface area contributed by atoms with Gasteiger partial charge in [0, 0.05) is 24.7 Å². The van der Waals surface area contributed by atoms with Crippen LogP contribution in [0.3, 0.4) is 0 Å². The number of ketones is 1. The van der Waals surface area contributed by atoms with Crippen molar-refractivity contribution in [3.8, 4) is 0 Å². The highest BCUT2D eigenvalue weighted by molar-refractivity contribution is 6.04. The average molecular weight is 266 g/mol. The summed E-state index contributed by atoms with van der Waals surface area (Å²) in [5.41, 5.74) is -0.110. The van der Waals surface area contributed by atoms with Crippen LogP contribution in [0.5, 0.6) is 0 Å². The molecule has 4 atom stereocenters. The Morgan fingerprint density at radius 2 is 2.16 bits per heavy atom. The predicted molar refractivity (Wildman–Crippen MR) is 67.3 cm³/mol. The summed E-state index contributed by atoms with van der Waals surface area (Å²) in [6, 6.07) is 0. The molecule has 2 aliphatic rings. The van der Waals surface area contributed by atoms with Gasteiger partial charge >= 0.3 is 5.97 Å². The summed E-state index contributed by atoms with van der Waals surface area (Å²) in [5.74, 6) is -1.36. The maximum atomic E-state index is 11.5. The van der Waals surface area contributed by atoms with E-state index in [9.17, 15) is 19.8 Å². The standard InChI is InChI=1S/C14H18O5/c1-7-13(19-8(2)15)5-10(16)9-4-11(17)12(18)6-14(7,9)3/h4,6-7,10,13,16,18H,5H2,1-3H3. The fourth-order valence-corrected chi connectivity index (χ4v) is 2.96. The first-order valence-corrected chi connectivity index (χ1v) is 6.29. The number of carbonyl (C=O) groups is 2. The summed E-state index contributed by atoms with van der Waals surface area (Å²) in [7, 11) is 0. The quantitative estimate of drug-likeness (QED) is 0.698. The Kier molecular flexibility index (Phi) is 3.26. The Morgan fingerprint density at radius 3 is 2.74 bits per heavy atom. The number of ether oxygens (including phenoxy) is 1. The van der Waals surface area contributed by atoms with Crippen LogP contribution in [-0.2, 0) is 14.3 Å². The van der Waals surface area contributed by atoms with Crippen molar-refractivity contribution < 1.29 is 24.5 Å². The van der Waals surface area contributed by atoms with E-state index in [2.05, 4.69) is 0 Å². The zero-order valence-corrected chi connectivity index (χ0v) is 11.2. The molecule has 5 nitrogen and oxygen atoms in total. The first kappa shape index (κ1) is 13.8. The van der Waals surface area contributed by atoms with Crippen LogP contribution in [0, 0.1) is 11.3 Å². The second kappa shape index (κ2) is 4.49. The SMILES string of the molecule is CC(=O)OC1CC(O)C2=CC(=O)C(O)=CC2(C)C1C. The van der Waals surface area contributed by atoms with Crippen LogP contribution in [0.15, 0.2) is 23.5 Å². The lowest BCUT2D eigenvalue weighted by atomic mass is 9.61. The Labute approximate surface area is 111 Å². The fraction of sp³-hybridized carbons (Fsp3) is 0.571. The second-order valence-corrected chi connectivity index (χ2v) is 5.46. The summed E-state index contributed by atoms with van der Waals surface area (Å²) in [4.78, 5) is 22.6. The van der Waals surface area contributed by atoms with Crippen LogP contribution in [0.2, 0.25) is 0 Å². The number of hydrogen-bond donors (Lipinski definition) is 2. The number of esters is 1. The van der Waals surface area contributed by atoms with Crippen molar-refractivity contribution in [1.29, 1.82) is 0 Å². The van der Waals surface area contributed by atoms with Crippen LogP contribution in [0.1, 0.15) is 27.2 Å². The van der Waals surface area contributed by atoms with Crippen LogP contribution < -0.4 is 0 Å². The maximum absolute atomic E-state index is 11.5. The Balaban J connectivity index is 2.40. The highest BCUT2D eigenvalue weighted by atomic mass is 16.5. The average Bonchev–Trinajstić information content (AvgIpc) is 2.29. The molecule has 0 heterocycles. The topological polar surface area (TPSA) is 83.8 Å². The minimum Gasteiger partial charge on any atom is -0.504 e. The zero-order chi connectivity index (χ0) is 14.4. The Morgan fingerprint density at radius 1 is 1.53 bits per heavy atom. The summed E-state index contributed by atoms with van der Waals surface area (Å²) >= 11 is 0. The monoisotopic (exact) mass is 266 g/mol. The van der Waals surface area contributed by atoms with Crippen molar-refractivity contribution in [3.05, 3.63) is 23.5 Å². The summed E-state index contributed by atoms with van der Waals surface area (Å²) in [6.07, 6.45) is 1.73. The molecule has 1 saturated carbocycles. The van der Waals surface area contributed by atoms with E-state index in [4.69, 9.17) is 4.74 Å². The number of hydrogen-bond acceptors (Lipinski definition) is 5. The third kappa shape index (κ3) is 2.18. The molecule has 5 heteroatoms. The first-order chi connectivity index (χ1) is 8.75. The lowest BCUT2D eigenvalue weighted by molar-refractivity contribution is -0.154. The van der Waals surface area contributed by atoms with E-state index >= 15 is 0 Å². The van der Waals surface area contributed by atoms with Crippen LogP contribution in [0.4, 0.5) is 0 Å². The molecule has 2 aliphatic carbocycles. The molecule has 4 unspecified atom stereocenters. The van der Waals surface area contributed by atoms with Gasteiger partial charge in [0.2, 0.25) is 5.78 Å². The normalized spacial score (nSPS) is 38.1. The Bertz CT molecular complexity index is 490. The predicted octanol–water partition coefficient (Wildman–Crippen LogP) is 1.28. The molecule has 1 fully saturated rings. The first-order valence-electron chi connectivity index (χ1n) is 6.29. The molecule has 0 radical (unpaired) electrons. The molecule has 0 aromatic rings. The molecule has 104 valence electrons. The number of aliphatic hydroxyl groups is 2. The van der Waals surface area contributed by atoms with Gasteiger partial charge in [0.25, 0.3) is 0 Å². The summed E-state index contributed by atoms with van der Waals surface area (Å²) in [5, 5.41) is 19.8.